The summed E-state index contributed by atoms with van der Waals surface area (Å²) in [5.41, 5.74) is 0. The molecule has 0 spiro atoms. The van der Waals surface area contributed by atoms with Gasteiger partial charge in [-0.2, -0.15) is 0 Å². The Morgan fingerprint density at radius 1 is 0.287 bits per heavy atom. The van der Waals surface area contributed by atoms with Crippen LogP contribution in [0.2, 0.25) is 0 Å². The molecule has 0 rings (SSSR count). The quantitative estimate of drug-likeness (QED) is 0.0222. The lowest BCUT2D eigenvalue weighted by atomic mass is 9.99. The molecule has 6 atom stereocenters. The Morgan fingerprint density at radius 2 is 0.505 bits per heavy atom. The molecule has 600 valence electrons. The van der Waals surface area contributed by atoms with Gasteiger partial charge >= 0.3 is 39.5 Å². The predicted octanol–water partition coefficient (Wildman–Crippen LogP) is 24.5. The van der Waals surface area contributed by atoms with Gasteiger partial charge in [0.2, 0.25) is 0 Å². The number of aliphatic hydroxyl groups excluding tert-OH is 1. The van der Waals surface area contributed by atoms with Crippen LogP contribution in [-0.2, 0) is 65.4 Å². The number of hydrogen-bond donors (Lipinski definition) is 3. The molecule has 0 saturated carbocycles. The van der Waals surface area contributed by atoms with Gasteiger partial charge in [0.25, 0.3) is 0 Å². The number of rotatable bonds is 80. The Balaban J connectivity index is 5.22. The van der Waals surface area contributed by atoms with Crippen molar-refractivity contribution in [1.82, 2.24) is 0 Å². The zero-order chi connectivity index (χ0) is 74.4. The largest absolute Gasteiger partial charge is 0.472 e. The van der Waals surface area contributed by atoms with E-state index in [2.05, 4.69) is 48.5 Å². The lowest BCUT2D eigenvalue weighted by molar-refractivity contribution is -0.161. The van der Waals surface area contributed by atoms with Crippen LogP contribution >= 0.6 is 15.6 Å². The molecule has 0 aliphatic heterocycles. The molecule has 0 aromatic carbocycles. The lowest BCUT2D eigenvalue weighted by Crippen LogP contribution is -2.30. The molecule has 0 amide bonds. The van der Waals surface area contributed by atoms with Crippen molar-refractivity contribution in [3.05, 3.63) is 0 Å². The van der Waals surface area contributed by atoms with Crippen molar-refractivity contribution in [3.8, 4) is 0 Å². The molecule has 0 aromatic rings. The summed E-state index contributed by atoms with van der Waals surface area (Å²) >= 11 is 0. The third kappa shape index (κ3) is 74.7. The molecule has 0 fully saturated rings. The van der Waals surface area contributed by atoms with Crippen LogP contribution in [0.4, 0.5) is 0 Å². The van der Waals surface area contributed by atoms with Crippen molar-refractivity contribution in [1.29, 1.82) is 0 Å². The van der Waals surface area contributed by atoms with Crippen LogP contribution in [0, 0.1) is 17.8 Å². The molecule has 0 heterocycles. The number of unbranched alkanes of at least 4 members (excludes halogenated alkanes) is 47. The van der Waals surface area contributed by atoms with Gasteiger partial charge in [0.05, 0.1) is 26.4 Å². The monoisotopic (exact) mass is 1480 g/mol. The van der Waals surface area contributed by atoms with Crippen LogP contribution in [0.5, 0.6) is 0 Å². The third-order valence-corrected chi connectivity index (χ3v) is 21.4. The van der Waals surface area contributed by atoms with Gasteiger partial charge in [-0.15, -0.1) is 0 Å². The van der Waals surface area contributed by atoms with Gasteiger partial charge in [-0.05, 0) is 43.4 Å². The maximum absolute atomic E-state index is 13.1. The van der Waals surface area contributed by atoms with Gasteiger partial charge in [-0.1, -0.05) is 376 Å². The second kappa shape index (κ2) is 72.3. The summed E-state index contributed by atoms with van der Waals surface area (Å²) in [4.78, 5) is 73.0. The lowest BCUT2D eigenvalue weighted by Gasteiger charge is -2.21. The first-order valence-corrected chi connectivity index (χ1v) is 45.4. The van der Waals surface area contributed by atoms with Crippen molar-refractivity contribution < 1.29 is 80.2 Å². The van der Waals surface area contributed by atoms with E-state index in [0.717, 1.165) is 108 Å². The molecular weight excluding hydrogens is 1320 g/mol. The Hall–Kier alpha value is -1.94. The molecule has 0 bridgehead atoms. The number of ether oxygens (including phenoxy) is 4. The summed E-state index contributed by atoms with van der Waals surface area (Å²) < 4.78 is 68.7. The highest BCUT2D eigenvalue weighted by atomic mass is 31.2. The highest BCUT2D eigenvalue weighted by Gasteiger charge is 2.30. The van der Waals surface area contributed by atoms with Crippen molar-refractivity contribution in [3.63, 3.8) is 0 Å². The van der Waals surface area contributed by atoms with Gasteiger partial charge in [0, 0.05) is 25.7 Å². The number of phosphoric acid groups is 2. The summed E-state index contributed by atoms with van der Waals surface area (Å²) in [6, 6.07) is 0. The zero-order valence-electron chi connectivity index (χ0n) is 66.4. The van der Waals surface area contributed by atoms with Gasteiger partial charge in [0.1, 0.15) is 19.3 Å². The topological polar surface area (TPSA) is 237 Å². The molecule has 101 heavy (non-hydrogen) atoms. The van der Waals surface area contributed by atoms with Crippen molar-refractivity contribution in [2.75, 3.05) is 39.6 Å². The maximum atomic E-state index is 13.1. The van der Waals surface area contributed by atoms with E-state index in [-0.39, 0.29) is 25.7 Å². The van der Waals surface area contributed by atoms with E-state index >= 15 is 0 Å². The van der Waals surface area contributed by atoms with Gasteiger partial charge in [0.15, 0.2) is 12.2 Å². The molecule has 3 N–H and O–H groups in total. The van der Waals surface area contributed by atoms with Crippen molar-refractivity contribution in [2.24, 2.45) is 17.8 Å². The minimum absolute atomic E-state index is 0.106. The second-order valence-corrected chi connectivity index (χ2v) is 33.6. The third-order valence-electron chi connectivity index (χ3n) is 19.5. The van der Waals surface area contributed by atoms with Gasteiger partial charge in [-0.25, -0.2) is 9.13 Å². The van der Waals surface area contributed by atoms with Crippen LogP contribution in [0.15, 0.2) is 0 Å². The summed E-state index contributed by atoms with van der Waals surface area (Å²) in [7, 11) is -9.92. The van der Waals surface area contributed by atoms with Gasteiger partial charge in [-0.3, -0.25) is 37.3 Å². The number of aliphatic hydroxyl groups is 1. The van der Waals surface area contributed by atoms with E-state index in [1.807, 2.05) is 0 Å². The average Bonchev–Trinajstić information content (AvgIpc) is 0.987. The Kier molecular flexibility index (Phi) is 70.9. The first kappa shape index (κ1) is 99.1. The summed E-state index contributed by atoms with van der Waals surface area (Å²) in [5.74, 6) is 0.295. The minimum atomic E-state index is -4.96. The number of phosphoric ester groups is 2. The summed E-state index contributed by atoms with van der Waals surface area (Å²) in [6.07, 6.45) is 61.0. The fourth-order valence-electron chi connectivity index (χ4n) is 12.6. The average molecular weight is 1480 g/mol. The SMILES string of the molecule is CCCCCCCCCCCCCC(=O)OC[C@H](COP(=O)(O)OC[C@H](O)COP(=O)(O)OC[C@@H](COC(=O)CCCCCCCCCCCCCCC(C)C)OC(=O)CCCCCCCCCCCCCCCCCCCCC(C)CC)OC(=O)CCCCCCCCCCCCC(C)C. The standard InChI is InChI=1S/C82H160O17P2/c1-8-10-11-12-13-14-25-35-42-49-56-63-79(84)92-69-78(99-82(87)66-59-52-45-38-31-30-33-40-47-54-61-74(5)6)72-97-101(90,91)95-68-76(83)67-94-100(88,89)96-71-77(70-93-80(85)64-57-50-43-36-28-24-23-26-32-39-46-53-60-73(3)4)98-81(86)65-58-51-44-37-29-22-20-18-16-15-17-19-21-27-34-41-48-55-62-75(7)9-2/h73-78,83H,8-72H2,1-7H3,(H,88,89)(H,90,91)/t75?,76-,77-,78-/m1/s1. The molecule has 0 aliphatic rings. The number of hydrogen-bond acceptors (Lipinski definition) is 15. The summed E-state index contributed by atoms with van der Waals surface area (Å²) in [5, 5.41) is 10.6. The number of carbonyl (C=O) groups is 4. The van der Waals surface area contributed by atoms with Crippen LogP contribution in [0.1, 0.15) is 427 Å². The highest BCUT2D eigenvalue weighted by molar-refractivity contribution is 7.47. The summed E-state index contributed by atoms with van der Waals surface area (Å²) in [6.45, 7) is 12.0. The maximum Gasteiger partial charge on any atom is 0.472 e. The first-order valence-electron chi connectivity index (χ1n) is 42.4. The van der Waals surface area contributed by atoms with Crippen LogP contribution in [0.3, 0.4) is 0 Å². The van der Waals surface area contributed by atoms with Crippen LogP contribution in [-0.4, -0.2) is 96.7 Å². The van der Waals surface area contributed by atoms with E-state index in [4.69, 9.17) is 37.0 Å². The van der Waals surface area contributed by atoms with E-state index in [1.165, 1.54) is 238 Å². The minimum Gasteiger partial charge on any atom is -0.462 e. The zero-order valence-corrected chi connectivity index (χ0v) is 68.2. The van der Waals surface area contributed by atoms with Crippen LogP contribution in [0.25, 0.3) is 0 Å². The second-order valence-electron chi connectivity index (χ2n) is 30.7. The van der Waals surface area contributed by atoms with Crippen LogP contribution < -0.4 is 0 Å². The Morgan fingerprint density at radius 3 is 0.752 bits per heavy atom. The molecule has 0 aliphatic carbocycles. The molecule has 17 nitrogen and oxygen atoms in total. The van der Waals surface area contributed by atoms with Crippen molar-refractivity contribution in [2.45, 2.75) is 446 Å². The molecular formula is C82H160O17P2. The number of esters is 4. The fraction of sp³-hybridized carbons (Fsp3) is 0.951. The molecule has 0 radical (unpaired) electrons. The van der Waals surface area contributed by atoms with Crippen molar-refractivity contribution >= 4 is 39.5 Å². The molecule has 0 saturated heterocycles. The smallest absolute Gasteiger partial charge is 0.462 e. The van der Waals surface area contributed by atoms with E-state index < -0.39 is 97.5 Å². The van der Waals surface area contributed by atoms with E-state index in [1.54, 1.807) is 0 Å². The molecule has 0 aromatic heterocycles. The Bertz CT molecular complexity index is 1960. The van der Waals surface area contributed by atoms with Gasteiger partial charge < -0.3 is 33.8 Å². The van der Waals surface area contributed by atoms with E-state index in [0.29, 0.717) is 25.7 Å². The number of carbonyl (C=O) groups excluding carboxylic acids is 4. The Labute approximate surface area is 619 Å². The molecule has 3 unspecified atom stereocenters. The predicted molar refractivity (Wildman–Crippen MR) is 414 cm³/mol. The highest BCUT2D eigenvalue weighted by Crippen LogP contribution is 2.45. The molecule has 19 heteroatoms. The van der Waals surface area contributed by atoms with E-state index in [9.17, 15) is 43.2 Å². The fourth-order valence-corrected chi connectivity index (χ4v) is 14.2. The first-order chi connectivity index (χ1) is 48.8. The normalized spacial score (nSPS) is 14.2.